The molecule has 1 aromatic heterocycles. The molecule has 2 unspecified atom stereocenters. The average molecular weight is 427 g/mol. The van der Waals surface area contributed by atoms with Crippen LogP contribution in [0.15, 0.2) is 66.0 Å². The van der Waals surface area contributed by atoms with Gasteiger partial charge in [0.2, 0.25) is 0 Å². The maximum absolute atomic E-state index is 13.6. The number of anilines is 1. The summed E-state index contributed by atoms with van der Waals surface area (Å²) < 4.78 is 5.19. The Bertz CT molecular complexity index is 1290. The number of hydrogen-bond acceptors (Lipinski definition) is 5. The first-order valence-corrected chi connectivity index (χ1v) is 10.9. The molecule has 5 nitrogen and oxygen atoms in total. The molecule has 2 aromatic carbocycles. The number of carbonyl (C=O) groups is 2. The lowest BCUT2D eigenvalue weighted by Gasteiger charge is -2.44. The number of ketones is 1. The van der Waals surface area contributed by atoms with E-state index in [1.165, 1.54) is 7.11 Å². The average Bonchev–Trinajstić information content (AvgIpc) is 2.77. The summed E-state index contributed by atoms with van der Waals surface area (Å²) in [5, 5.41) is 4.49. The van der Waals surface area contributed by atoms with Gasteiger partial charge in [0, 0.05) is 40.9 Å². The molecule has 5 heteroatoms. The lowest BCUT2D eigenvalue weighted by Crippen LogP contribution is -2.44. The Morgan fingerprint density at radius 1 is 1.12 bits per heavy atom. The van der Waals surface area contributed by atoms with Gasteiger partial charge in [0.25, 0.3) is 0 Å². The fourth-order valence-electron chi connectivity index (χ4n) is 5.30. The number of nitrogens with one attached hydrogen (secondary N) is 1. The van der Waals surface area contributed by atoms with Crippen molar-refractivity contribution in [3.63, 3.8) is 0 Å². The van der Waals surface area contributed by atoms with Crippen LogP contribution in [0, 0.1) is 18.3 Å². The first-order valence-electron chi connectivity index (χ1n) is 10.9. The maximum Gasteiger partial charge on any atom is 0.315 e. The minimum Gasteiger partial charge on any atom is -0.468 e. The van der Waals surface area contributed by atoms with Crippen LogP contribution in [0.25, 0.3) is 10.9 Å². The molecule has 162 valence electrons. The summed E-state index contributed by atoms with van der Waals surface area (Å²) in [7, 11) is 1.41. The first kappa shape index (κ1) is 20.4. The molecule has 3 aromatic rings. The van der Waals surface area contributed by atoms with Gasteiger partial charge in [-0.2, -0.15) is 0 Å². The maximum atomic E-state index is 13.6. The number of carbonyl (C=O) groups excluding carboxylic acids is 2. The molecule has 1 aliphatic carbocycles. The van der Waals surface area contributed by atoms with E-state index in [1.54, 1.807) is 6.20 Å². The van der Waals surface area contributed by atoms with Gasteiger partial charge in [-0.15, -0.1) is 0 Å². The number of allylic oxidation sites excluding steroid dienone is 1. The van der Waals surface area contributed by atoms with E-state index in [4.69, 9.17) is 4.74 Å². The Labute approximate surface area is 187 Å². The van der Waals surface area contributed by atoms with Gasteiger partial charge >= 0.3 is 5.97 Å². The number of pyridine rings is 1. The molecule has 0 radical (unpaired) electrons. The van der Waals surface area contributed by atoms with E-state index >= 15 is 0 Å². The predicted molar refractivity (Wildman–Crippen MR) is 124 cm³/mol. The highest BCUT2D eigenvalue weighted by molar-refractivity contribution is 6.06. The predicted octanol–water partition coefficient (Wildman–Crippen LogP) is 5.14. The van der Waals surface area contributed by atoms with Gasteiger partial charge in [0.1, 0.15) is 5.92 Å². The molecular weight excluding hydrogens is 400 g/mol. The topological polar surface area (TPSA) is 68.3 Å². The zero-order valence-corrected chi connectivity index (χ0v) is 18.7. The second-order valence-corrected chi connectivity index (χ2v) is 9.44. The van der Waals surface area contributed by atoms with Gasteiger partial charge in [-0.25, -0.2) is 0 Å². The van der Waals surface area contributed by atoms with Gasteiger partial charge in [0.15, 0.2) is 5.78 Å². The number of benzene rings is 2. The van der Waals surface area contributed by atoms with Crippen LogP contribution in [0.1, 0.15) is 42.9 Å². The number of esters is 1. The zero-order chi connectivity index (χ0) is 22.6. The number of rotatable bonds is 2. The van der Waals surface area contributed by atoms with Crippen LogP contribution < -0.4 is 5.32 Å². The molecular formula is C27H26N2O3. The summed E-state index contributed by atoms with van der Waals surface area (Å²) in [5.41, 5.74) is 5.75. The summed E-state index contributed by atoms with van der Waals surface area (Å²) in [6.45, 7) is 5.96. The molecule has 1 N–H and O–H groups in total. The van der Waals surface area contributed by atoms with E-state index in [2.05, 4.69) is 34.6 Å². The van der Waals surface area contributed by atoms with E-state index in [0.717, 1.165) is 33.3 Å². The number of Topliss-reactive ketones (excluding diaryl/α,β-unsaturated/α-hetero) is 1. The smallest absolute Gasteiger partial charge is 0.315 e. The fourth-order valence-corrected chi connectivity index (χ4v) is 5.30. The highest BCUT2D eigenvalue weighted by Crippen LogP contribution is 2.53. The van der Waals surface area contributed by atoms with Gasteiger partial charge < -0.3 is 10.1 Å². The summed E-state index contributed by atoms with van der Waals surface area (Å²) in [6.07, 6.45) is 2.06. The largest absolute Gasteiger partial charge is 0.468 e. The monoisotopic (exact) mass is 426 g/mol. The highest BCUT2D eigenvalue weighted by Gasteiger charge is 2.50. The quantitative estimate of drug-likeness (QED) is 0.575. The number of fused-ring (bicyclic) bond motifs is 3. The van der Waals surface area contributed by atoms with E-state index in [1.807, 2.05) is 45.0 Å². The highest BCUT2D eigenvalue weighted by atomic mass is 16.5. The number of hydrogen-bond donors (Lipinski definition) is 1. The number of nitrogens with zero attached hydrogens (tertiary/aromatic N) is 1. The third-order valence-corrected chi connectivity index (χ3v) is 6.80. The molecule has 32 heavy (non-hydrogen) atoms. The molecule has 0 fully saturated rings. The van der Waals surface area contributed by atoms with Gasteiger partial charge in [0.05, 0.1) is 12.6 Å². The van der Waals surface area contributed by atoms with E-state index in [9.17, 15) is 9.59 Å². The number of ether oxygens (including phenoxy) is 1. The van der Waals surface area contributed by atoms with Crippen molar-refractivity contribution in [3.8, 4) is 0 Å². The second-order valence-electron chi connectivity index (χ2n) is 9.44. The van der Waals surface area contributed by atoms with Crippen LogP contribution in [-0.2, 0) is 14.3 Å². The van der Waals surface area contributed by atoms with Crippen molar-refractivity contribution in [2.24, 2.45) is 11.3 Å². The molecule has 0 amide bonds. The molecule has 2 heterocycles. The SMILES string of the molecule is COC(=O)C1C2=C(C(=O)CC1(C)C)C(c1ccc(C)cc1)c1c(ccc3ncccc13)N2. The van der Waals surface area contributed by atoms with E-state index in [-0.39, 0.29) is 24.1 Å². The Morgan fingerprint density at radius 3 is 2.59 bits per heavy atom. The van der Waals surface area contributed by atoms with Gasteiger partial charge in [-0.3, -0.25) is 14.6 Å². The minimum absolute atomic E-state index is 0.0646. The van der Waals surface area contributed by atoms with Crippen molar-refractivity contribution in [3.05, 3.63) is 82.7 Å². The first-order chi connectivity index (χ1) is 15.3. The van der Waals surface area contributed by atoms with Crippen LogP contribution in [0.4, 0.5) is 5.69 Å². The lowest BCUT2D eigenvalue weighted by molar-refractivity contribution is -0.148. The molecule has 0 bridgehead atoms. The van der Waals surface area contributed by atoms with Crippen molar-refractivity contribution >= 4 is 28.3 Å². The Balaban J connectivity index is 1.84. The van der Waals surface area contributed by atoms with Crippen LogP contribution in [0.2, 0.25) is 0 Å². The molecule has 0 spiro atoms. The third-order valence-electron chi connectivity index (χ3n) is 6.80. The number of aryl methyl sites for hydroxylation is 1. The van der Waals surface area contributed by atoms with Gasteiger partial charge in [-0.1, -0.05) is 49.7 Å². The van der Waals surface area contributed by atoms with E-state index in [0.29, 0.717) is 11.3 Å². The van der Waals surface area contributed by atoms with Gasteiger partial charge in [-0.05, 0) is 41.7 Å². The normalized spacial score (nSPS) is 21.6. The number of methoxy groups -OCH3 is 1. The standard InChI is InChI=1S/C27H26N2O3/c1-15-7-9-16(10-8-15)21-22-17-6-5-13-28-18(17)11-12-19(22)29-25-23(21)20(30)14-27(2,3)24(25)26(31)32-4/h5-13,21,24,29H,14H2,1-4H3. The Kier molecular flexibility index (Phi) is 4.66. The van der Waals surface area contributed by atoms with Crippen LogP contribution in [-0.4, -0.2) is 23.8 Å². The second kappa shape index (κ2) is 7.30. The summed E-state index contributed by atoms with van der Waals surface area (Å²) in [5.74, 6) is -1.10. The summed E-state index contributed by atoms with van der Waals surface area (Å²) in [6, 6.07) is 16.2. The van der Waals surface area contributed by atoms with Crippen LogP contribution in [0.3, 0.4) is 0 Å². The summed E-state index contributed by atoms with van der Waals surface area (Å²) >= 11 is 0. The third kappa shape index (κ3) is 3.03. The molecule has 2 aliphatic rings. The molecule has 2 atom stereocenters. The fraction of sp³-hybridized carbons (Fsp3) is 0.296. The molecule has 0 saturated heterocycles. The minimum atomic E-state index is -0.552. The van der Waals surface area contributed by atoms with Crippen molar-refractivity contribution < 1.29 is 14.3 Å². The number of aromatic nitrogens is 1. The summed E-state index contributed by atoms with van der Waals surface area (Å²) in [4.78, 5) is 31.1. The van der Waals surface area contributed by atoms with Crippen molar-refractivity contribution in [1.82, 2.24) is 4.98 Å². The molecule has 5 rings (SSSR count). The van der Waals surface area contributed by atoms with Crippen molar-refractivity contribution in [1.29, 1.82) is 0 Å². The molecule has 0 saturated carbocycles. The van der Waals surface area contributed by atoms with E-state index < -0.39 is 11.3 Å². The van der Waals surface area contributed by atoms with Crippen molar-refractivity contribution in [2.75, 3.05) is 12.4 Å². The Hall–Kier alpha value is -3.47. The Morgan fingerprint density at radius 2 is 1.88 bits per heavy atom. The lowest BCUT2D eigenvalue weighted by atomic mass is 9.63. The molecule has 1 aliphatic heterocycles. The van der Waals surface area contributed by atoms with Crippen LogP contribution >= 0.6 is 0 Å². The van der Waals surface area contributed by atoms with Crippen molar-refractivity contribution in [2.45, 2.75) is 33.1 Å². The zero-order valence-electron chi connectivity index (χ0n) is 18.7. The van der Waals surface area contributed by atoms with Crippen LogP contribution in [0.5, 0.6) is 0 Å².